The van der Waals surface area contributed by atoms with Gasteiger partial charge >= 0.3 is 5.97 Å². The molecule has 0 aliphatic rings. The number of carboxylic acids is 1. The van der Waals surface area contributed by atoms with Gasteiger partial charge in [-0.1, -0.05) is 25.5 Å². The Morgan fingerprint density at radius 2 is 2.00 bits per heavy atom. The molecule has 2 N–H and O–H groups in total. The second kappa shape index (κ2) is 7.29. The fraction of sp³-hybridized carbons (Fsp3) is 0.562. The number of carbonyl (C=O) groups is 1. The Morgan fingerprint density at radius 3 is 2.45 bits per heavy atom. The van der Waals surface area contributed by atoms with Gasteiger partial charge in [0.1, 0.15) is 11.3 Å². The molecule has 4 nitrogen and oxygen atoms in total. The van der Waals surface area contributed by atoms with Crippen LogP contribution in [0, 0.1) is 0 Å². The normalized spacial score (nSPS) is 15.4. The van der Waals surface area contributed by atoms with Crippen LogP contribution in [0.4, 0.5) is 0 Å². The van der Waals surface area contributed by atoms with E-state index < -0.39 is 11.5 Å². The molecule has 1 aromatic carbocycles. The van der Waals surface area contributed by atoms with Crippen molar-refractivity contribution in [1.82, 2.24) is 5.32 Å². The molecule has 0 fully saturated rings. The number of aliphatic carboxylic acids is 1. The van der Waals surface area contributed by atoms with Crippen molar-refractivity contribution in [3.05, 3.63) is 29.8 Å². The molecule has 0 heterocycles. The van der Waals surface area contributed by atoms with Gasteiger partial charge in [0.2, 0.25) is 0 Å². The standard InChI is InChI=1S/C16H25NO3/c1-5-10-16(3,15(18)19)17-12(2)11-13-6-8-14(20-4)9-7-13/h6-9,12,17H,5,10-11H2,1-4H3,(H,18,19). The number of benzene rings is 1. The average molecular weight is 279 g/mol. The van der Waals surface area contributed by atoms with Crippen molar-refractivity contribution < 1.29 is 14.6 Å². The Morgan fingerprint density at radius 1 is 1.40 bits per heavy atom. The fourth-order valence-corrected chi connectivity index (χ4v) is 2.45. The van der Waals surface area contributed by atoms with Crippen LogP contribution < -0.4 is 10.1 Å². The van der Waals surface area contributed by atoms with E-state index in [9.17, 15) is 9.90 Å². The van der Waals surface area contributed by atoms with E-state index in [-0.39, 0.29) is 6.04 Å². The molecule has 0 aliphatic heterocycles. The summed E-state index contributed by atoms with van der Waals surface area (Å²) in [4.78, 5) is 11.4. The third-order valence-electron chi connectivity index (χ3n) is 3.49. The molecular weight excluding hydrogens is 254 g/mol. The third-order valence-corrected chi connectivity index (χ3v) is 3.49. The number of ether oxygens (including phenoxy) is 1. The van der Waals surface area contributed by atoms with Crippen LogP contribution >= 0.6 is 0 Å². The Hall–Kier alpha value is -1.55. The van der Waals surface area contributed by atoms with Crippen LogP contribution in [0.3, 0.4) is 0 Å². The monoisotopic (exact) mass is 279 g/mol. The minimum atomic E-state index is -0.860. The number of methoxy groups -OCH3 is 1. The smallest absolute Gasteiger partial charge is 0.323 e. The van der Waals surface area contributed by atoms with Gasteiger partial charge in [0.15, 0.2) is 0 Å². The zero-order valence-electron chi connectivity index (χ0n) is 12.8. The van der Waals surface area contributed by atoms with Gasteiger partial charge in [-0.15, -0.1) is 0 Å². The summed E-state index contributed by atoms with van der Waals surface area (Å²) in [5.74, 6) is 0.0386. The molecule has 1 rings (SSSR count). The van der Waals surface area contributed by atoms with Crippen LogP contribution in [-0.4, -0.2) is 29.8 Å². The van der Waals surface area contributed by atoms with Gasteiger partial charge < -0.3 is 9.84 Å². The van der Waals surface area contributed by atoms with Crippen LogP contribution in [0.1, 0.15) is 39.2 Å². The minimum Gasteiger partial charge on any atom is -0.497 e. The van der Waals surface area contributed by atoms with Gasteiger partial charge in [-0.25, -0.2) is 0 Å². The zero-order chi connectivity index (χ0) is 15.2. The number of carboxylic acid groups (broad SMARTS) is 1. The molecular formula is C16H25NO3. The van der Waals surface area contributed by atoms with E-state index in [1.54, 1.807) is 14.0 Å². The highest BCUT2D eigenvalue weighted by Gasteiger charge is 2.32. The lowest BCUT2D eigenvalue weighted by Gasteiger charge is -2.30. The van der Waals surface area contributed by atoms with Gasteiger partial charge in [0.05, 0.1) is 7.11 Å². The quantitative estimate of drug-likeness (QED) is 0.768. The van der Waals surface area contributed by atoms with E-state index in [2.05, 4.69) is 5.32 Å². The average Bonchev–Trinajstić information content (AvgIpc) is 2.39. The maximum atomic E-state index is 11.4. The first kappa shape index (κ1) is 16.5. The summed E-state index contributed by atoms with van der Waals surface area (Å²) >= 11 is 0. The lowest BCUT2D eigenvalue weighted by Crippen LogP contribution is -2.53. The predicted octanol–water partition coefficient (Wildman–Crippen LogP) is 2.86. The van der Waals surface area contributed by atoms with Crippen molar-refractivity contribution in [2.75, 3.05) is 7.11 Å². The molecule has 0 radical (unpaired) electrons. The highest BCUT2D eigenvalue weighted by Crippen LogP contribution is 2.16. The second-order valence-corrected chi connectivity index (χ2v) is 5.48. The second-order valence-electron chi connectivity index (χ2n) is 5.48. The Kier molecular flexibility index (Phi) is 6.02. The van der Waals surface area contributed by atoms with Gasteiger partial charge in [-0.3, -0.25) is 10.1 Å². The Bertz CT molecular complexity index is 430. The summed E-state index contributed by atoms with van der Waals surface area (Å²) in [6, 6.07) is 7.95. The van der Waals surface area contributed by atoms with Crippen LogP contribution in [0.25, 0.3) is 0 Å². The van der Waals surface area contributed by atoms with E-state index in [1.165, 1.54) is 0 Å². The predicted molar refractivity (Wildman–Crippen MR) is 80.2 cm³/mol. The van der Waals surface area contributed by atoms with Crippen molar-refractivity contribution in [3.63, 3.8) is 0 Å². The van der Waals surface area contributed by atoms with E-state index in [0.29, 0.717) is 6.42 Å². The molecule has 0 aromatic heterocycles. The highest BCUT2D eigenvalue weighted by molar-refractivity contribution is 5.78. The van der Waals surface area contributed by atoms with E-state index >= 15 is 0 Å². The largest absolute Gasteiger partial charge is 0.497 e. The number of nitrogens with one attached hydrogen (secondary N) is 1. The third kappa shape index (κ3) is 4.53. The van der Waals surface area contributed by atoms with E-state index in [0.717, 1.165) is 24.2 Å². The summed E-state index contributed by atoms with van der Waals surface area (Å²) in [5.41, 5.74) is 0.302. The first-order chi connectivity index (χ1) is 9.41. The number of hydrogen-bond donors (Lipinski definition) is 2. The van der Waals surface area contributed by atoms with Gasteiger partial charge in [-0.05, 0) is 44.4 Å². The van der Waals surface area contributed by atoms with Gasteiger partial charge in [0.25, 0.3) is 0 Å². The minimum absolute atomic E-state index is 0.0936. The topological polar surface area (TPSA) is 58.6 Å². The summed E-state index contributed by atoms with van der Waals surface area (Å²) in [6.45, 7) is 5.77. The molecule has 20 heavy (non-hydrogen) atoms. The first-order valence-corrected chi connectivity index (χ1v) is 7.05. The maximum Gasteiger partial charge on any atom is 0.323 e. The molecule has 0 saturated heterocycles. The molecule has 2 unspecified atom stereocenters. The number of rotatable bonds is 8. The molecule has 2 atom stereocenters. The molecule has 0 spiro atoms. The Labute approximate surface area is 121 Å². The molecule has 0 bridgehead atoms. The molecule has 0 saturated carbocycles. The van der Waals surface area contributed by atoms with Crippen molar-refractivity contribution in [2.45, 2.75) is 51.6 Å². The van der Waals surface area contributed by atoms with E-state index in [1.807, 2.05) is 38.1 Å². The van der Waals surface area contributed by atoms with E-state index in [4.69, 9.17) is 4.74 Å². The van der Waals surface area contributed by atoms with Gasteiger partial charge in [0, 0.05) is 6.04 Å². The van der Waals surface area contributed by atoms with Crippen molar-refractivity contribution in [2.24, 2.45) is 0 Å². The van der Waals surface area contributed by atoms with Crippen molar-refractivity contribution >= 4 is 5.97 Å². The lowest BCUT2D eigenvalue weighted by molar-refractivity contribution is -0.144. The van der Waals surface area contributed by atoms with Crippen LogP contribution in [0.5, 0.6) is 5.75 Å². The highest BCUT2D eigenvalue weighted by atomic mass is 16.5. The fourth-order valence-electron chi connectivity index (χ4n) is 2.45. The van der Waals surface area contributed by atoms with Crippen LogP contribution in [0.2, 0.25) is 0 Å². The summed E-state index contributed by atoms with van der Waals surface area (Å²) < 4.78 is 5.12. The molecule has 4 heteroatoms. The molecule has 112 valence electrons. The zero-order valence-corrected chi connectivity index (χ0v) is 12.8. The lowest BCUT2D eigenvalue weighted by atomic mass is 9.94. The number of hydrogen-bond acceptors (Lipinski definition) is 3. The van der Waals surface area contributed by atoms with Crippen LogP contribution in [-0.2, 0) is 11.2 Å². The van der Waals surface area contributed by atoms with Gasteiger partial charge in [-0.2, -0.15) is 0 Å². The Balaban J connectivity index is 2.65. The van der Waals surface area contributed by atoms with Crippen molar-refractivity contribution in [3.8, 4) is 5.75 Å². The molecule has 0 aliphatic carbocycles. The van der Waals surface area contributed by atoms with Crippen molar-refractivity contribution in [1.29, 1.82) is 0 Å². The maximum absolute atomic E-state index is 11.4. The SMILES string of the molecule is CCCC(C)(NC(C)Cc1ccc(OC)cc1)C(=O)O. The first-order valence-electron chi connectivity index (χ1n) is 7.05. The summed E-state index contributed by atoms with van der Waals surface area (Å²) in [5, 5.41) is 12.6. The summed E-state index contributed by atoms with van der Waals surface area (Å²) in [7, 11) is 1.64. The molecule has 0 amide bonds. The molecule has 1 aromatic rings. The summed E-state index contributed by atoms with van der Waals surface area (Å²) in [6.07, 6.45) is 2.25. The van der Waals surface area contributed by atoms with Crippen LogP contribution in [0.15, 0.2) is 24.3 Å².